The molecule has 2 aromatic rings. The van der Waals surface area contributed by atoms with Crippen LogP contribution in [0.2, 0.25) is 0 Å². The molecule has 6 heteroatoms. The Morgan fingerprint density at radius 1 is 1.43 bits per heavy atom. The van der Waals surface area contributed by atoms with Crippen molar-refractivity contribution in [3.8, 4) is 5.75 Å². The van der Waals surface area contributed by atoms with E-state index in [0.29, 0.717) is 18.7 Å². The number of benzene rings is 1. The molecule has 0 saturated heterocycles. The van der Waals surface area contributed by atoms with Gasteiger partial charge in [0.15, 0.2) is 0 Å². The van der Waals surface area contributed by atoms with Gasteiger partial charge in [0.2, 0.25) is 0 Å². The van der Waals surface area contributed by atoms with Crippen molar-refractivity contribution in [3.05, 3.63) is 47.8 Å². The van der Waals surface area contributed by atoms with Crippen LogP contribution in [0.5, 0.6) is 5.75 Å². The Bertz CT molecular complexity index is 569. The number of nitrogens with one attached hydrogen (secondary N) is 2. The first-order valence-corrected chi connectivity index (χ1v) is 6.87. The van der Waals surface area contributed by atoms with Gasteiger partial charge in [0.25, 0.3) is 5.91 Å². The number of carbonyl (C=O) groups is 1. The zero-order chi connectivity index (χ0) is 15.1. The molecular weight excluding hydrogens is 270 g/mol. The summed E-state index contributed by atoms with van der Waals surface area (Å²) in [5.41, 5.74) is 0.991. The monoisotopic (exact) mass is 289 g/mol. The van der Waals surface area contributed by atoms with Gasteiger partial charge in [-0.2, -0.15) is 5.10 Å². The van der Waals surface area contributed by atoms with E-state index in [2.05, 4.69) is 15.5 Å². The fourth-order valence-corrected chi connectivity index (χ4v) is 1.68. The van der Waals surface area contributed by atoms with E-state index in [0.717, 1.165) is 5.75 Å². The standard InChI is InChI=1S/C15H19N3O3/c1-2-12(19)9-16-15(20)14-8-11(17-18-14)10-21-13-6-4-3-5-7-13/h3-8,12,19H,2,9-10H2,1H3,(H,16,20)(H,17,18)/t12-/m1/s1. The highest BCUT2D eigenvalue weighted by molar-refractivity contribution is 5.92. The van der Waals surface area contributed by atoms with E-state index < -0.39 is 6.10 Å². The van der Waals surface area contributed by atoms with Gasteiger partial charge in [-0.1, -0.05) is 25.1 Å². The number of hydrogen-bond donors (Lipinski definition) is 3. The lowest BCUT2D eigenvalue weighted by Gasteiger charge is -2.07. The van der Waals surface area contributed by atoms with Crippen LogP contribution in [-0.4, -0.2) is 33.9 Å². The maximum Gasteiger partial charge on any atom is 0.271 e. The van der Waals surface area contributed by atoms with Crippen LogP contribution in [0.25, 0.3) is 0 Å². The number of amides is 1. The summed E-state index contributed by atoms with van der Waals surface area (Å²) in [6.07, 6.45) is 0.0607. The van der Waals surface area contributed by atoms with Crippen molar-refractivity contribution in [1.29, 1.82) is 0 Å². The molecule has 1 atom stereocenters. The van der Waals surface area contributed by atoms with Gasteiger partial charge in [0, 0.05) is 6.54 Å². The number of aromatic amines is 1. The SMILES string of the molecule is CC[C@@H](O)CNC(=O)c1cc(COc2ccccc2)[nH]n1. The van der Waals surface area contributed by atoms with Crippen molar-refractivity contribution in [2.24, 2.45) is 0 Å². The maximum atomic E-state index is 11.8. The molecule has 0 aliphatic rings. The lowest BCUT2D eigenvalue weighted by atomic mass is 10.2. The molecule has 0 saturated carbocycles. The van der Waals surface area contributed by atoms with E-state index in [1.165, 1.54) is 0 Å². The van der Waals surface area contributed by atoms with Crippen molar-refractivity contribution < 1.29 is 14.6 Å². The molecule has 1 aromatic heterocycles. The summed E-state index contributed by atoms with van der Waals surface area (Å²) in [5.74, 6) is 0.439. The fourth-order valence-electron chi connectivity index (χ4n) is 1.68. The molecule has 6 nitrogen and oxygen atoms in total. The number of para-hydroxylation sites is 1. The molecule has 3 N–H and O–H groups in total. The Labute approximate surface area is 123 Å². The number of nitrogens with zero attached hydrogens (tertiary/aromatic N) is 1. The van der Waals surface area contributed by atoms with Crippen molar-refractivity contribution in [1.82, 2.24) is 15.5 Å². The second-order valence-corrected chi connectivity index (χ2v) is 4.65. The Morgan fingerprint density at radius 2 is 2.19 bits per heavy atom. The minimum Gasteiger partial charge on any atom is -0.487 e. The van der Waals surface area contributed by atoms with Crippen LogP contribution in [0, 0.1) is 0 Å². The zero-order valence-electron chi connectivity index (χ0n) is 11.9. The number of aromatic nitrogens is 2. The van der Waals surface area contributed by atoms with E-state index >= 15 is 0 Å². The smallest absolute Gasteiger partial charge is 0.271 e. The van der Waals surface area contributed by atoms with Crippen molar-refractivity contribution >= 4 is 5.91 Å². The van der Waals surface area contributed by atoms with Gasteiger partial charge >= 0.3 is 0 Å². The van der Waals surface area contributed by atoms with Gasteiger partial charge in [-0.15, -0.1) is 0 Å². The number of ether oxygens (including phenoxy) is 1. The summed E-state index contributed by atoms with van der Waals surface area (Å²) in [6, 6.07) is 11.0. The van der Waals surface area contributed by atoms with Crippen molar-refractivity contribution in [3.63, 3.8) is 0 Å². The molecule has 0 aliphatic carbocycles. The molecule has 21 heavy (non-hydrogen) atoms. The minimum atomic E-state index is -0.534. The average Bonchev–Trinajstić information content (AvgIpc) is 3.00. The largest absolute Gasteiger partial charge is 0.487 e. The third-order valence-electron chi connectivity index (χ3n) is 2.97. The molecule has 0 aliphatic heterocycles. The lowest BCUT2D eigenvalue weighted by Crippen LogP contribution is -2.31. The van der Waals surface area contributed by atoms with Crippen LogP contribution < -0.4 is 10.1 Å². The number of aliphatic hydroxyl groups excluding tert-OH is 1. The zero-order valence-corrected chi connectivity index (χ0v) is 11.9. The van der Waals surface area contributed by atoms with Crippen molar-refractivity contribution in [2.45, 2.75) is 26.1 Å². The van der Waals surface area contributed by atoms with Crippen LogP contribution in [0.4, 0.5) is 0 Å². The van der Waals surface area contributed by atoms with Gasteiger partial charge < -0.3 is 15.2 Å². The van der Waals surface area contributed by atoms with Gasteiger partial charge in [0.1, 0.15) is 18.1 Å². The number of H-pyrrole nitrogens is 1. The summed E-state index contributed by atoms with van der Waals surface area (Å²) in [6.45, 7) is 2.38. The molecule has 0 fully saturated rings. The summed E-state index contributed by atoms with van der Waals surface area (Å²) in [5, 5.41) is 18.7. The highest BCUT2D eigenvalue weighted by Gasteiger charge is 2.11. The first kappa shape index (κ1) is 15.1. The summed E-state index contributed by atoms with van der Waals surface area (Å²) in [4.78, 5) is 11.8. The van der Waals surface area contributed by atoms with Gasteiger partial charge in [-0.3, -0.25) is 9.89 Å². The third kappa shape index (κ3) is 4.61. The lowest BCUT2D eigenvalue weighted by molar-refractivity contribution is 0.0909. The molecule has 1 heterocycles. The summed E-state index contributed by atoms with van der Waals surface area (Å²) in [7, 11) is 0. The second-order valence-electron chi connectivity index (χ2n) is 4.65. The topological polar surface area (TPSA) is 87.2 Å². The molecule has 2 rings (SSSR count). The molecule has 0 bridgehead atoms. The van der Waals surface area contributed by atoms with Crippen LogP contribution in [0.3, 0.4) is 0 Å². The molecule has 1 aromatic carbocycles. The molecule has 0 spiro atoms. The summed E-state index contributed by atoms with van der Waals surface area (Å²) >= 11 is 0. The van der Waals surface area contributed by atoms with Gasteiger partial charge in [-0.05, 0) is 24.6 Å². The molecule has 0 unspecified atom stereocenters. The third-order valence-corrected chi connectivity index (χ3v) is 2.97. The first-order valence-electron chi connectivity index (χ1n) is 6.87. The number of aliphatic hydroxyl groups is 1. The van der Waals surface area contributed by atoms with E-state index in [1.54, 1.807) is 6.07 Å². The van der Waals surface area contributed by atoms with Crippen LogP contribution in [0.15, 0.2) is 36.4 Å². The fraction of sp³-hybridized carbons (Fsp3) is 0.333. The first-order chi connectivity index (χ1) is 10.2. The Kier molecular flexibility index (Phi) is 5.34. The maximum absolute atomic E-state index is 11.8. The van der Waals surface area contributed by atoms with Gasteiger partial charge in [0.05, 0.1) is 11.8 Å². The van der Waals surface area contributed by atoms with Crippen LogP contribution in [0.1, 0.15) is 29.5 Å². The number of carbonyl (C=O) groups excluding carboxylic acids is 1. The Hall–Kier alpha value is -2.34. The van der Waals surface area contributed by atoms with Crippen LogP contribution in [-0.2, 0) is 6.61 Å². The van der Waals surface area contributed by atoms with Crippen LogP contribution >= 0.6 is 0 Å². The average molecular weight is 289 g/mol. The van der Waals surface area contributed by atoms with E-state index in [9.17, 15) is 9.90 Å². The minimum absolute atomic E-state index is 0.220. The highest BCUT2D eigenvalue weighted by atomic mass is 16.5. The molecular formula is C15H19N3O3. The predicted molar refractivity (Wildman–Crippen MR) is 78.0 cm³/mol. The molecule has 0 radical (unpaired) electrons. The summed E-state index contributed by atoms with van der Waals surface area (Å²) < 4.78 is 5.56. The number of hydrogen-bond acceptors (Lipinski definition) is 4. The van der Waals surface area contributed by atoms with E-state index in [-0.39, 0.29) is 18.1 Å². The van der Waals surface area contributed by atoms with E-state index in [4.69, 9.17) is 4.74 Å². The normalized spacial score (nSPS) is 11.9. The van der Waals surface area contributed by atoms with Gasteiger partial charge in [-0.25, -0.2) is 0 Å². The number of rotatable bonds is 7. The Balaban J connectivity index is 1.85. The molecule has 1 amide bonds. The van der Waals surface area contributed by atoms with E-state index in [1.807, 2.05) is 37.3 Å². The second kappa shape index (κ2) is 7.44. The Morgan fingerprint density at radius 3 is 2.90 bits per heavy atom. The molecule has 112 valence electrons. The van der Waals surface area contributed by atoms with Crippen molar-refractivity contribution in [2.75, 3.05) is 6.54 Å². The quantitative estimate of drug-likeness (QED) is 0.720. The predicted octanol–water partition coefficient (Wildman–Crippen LogP) is 1.49. The highest BCUT2D eigenvalue weighted by Crippen LogP contribution is 2.11.